The van der Waals surface area contributed by atoms with E-state index in [1.165, 1.54) is 18.2 Å². The number of halogens is 3. The molecule has 0 fully saturated rings. The first-order valence-electron chi connectivity index (χ1n) is 17.0. The van der Waals surface area contributed by atoms with Crippen molar-refractivity contribution in [2.24, 2.45) is 5.41 Å². The second kappa shape index (κ2) is 16.7. The molecule has 5 rings (SSSR count). The molecule has 15 heteroatoms. The number of hydrogen-bond donors (Lipinski definition) is 4. The highest BCUT2D eigenvalue weighted by molar-refractivity contribution is 7.89. The highest BCUT2D eigenvalue weighted by Crippen LogP contribution is 2.41. The molecule has 4 N–H and O–H groups in total. The fraction of sp³-hybridized carbons (Fsp3) is 0.308. The molecule has 10 nitrogen and oxygen atoms in total. The van der Waals surface area contributed by atoms with Crippen molar-refractivity contribution in [2.45, 2.75) is 62.3 Å². The number of alkyl halides is 3. The second-order valence-corrected chi connectivity index (χ2v) is 17.0. The van der Waals surface area contributed by atoms with Crippen molar-refractivity contribution in [1.29, 1.82) is 0 Å². The average molecular weight is 783 g/mol. The summed E-state index contributed by atoms with van der Waals surface area (Å²) in [6, 6.07) is 21.4. The van der Waals surface area contributed by atoms with E-state index in [0.29, 0.717) is 39.8 Å². The van der Waals surface area contributed by atoms with Crippen molar-refractivity contribution in [3.05, 3.63) is 130 Å². The van der Waals surface area contributed by atoms with Gasteiger partial charge >= 0.3 is 12.3 Å². The lowest BCUT2D eigenvalue weighted by Gasteiger charge is -2.32. The van der Waals surface area contributed by atoms with Crippen LogP contribution in [0.5, 0.6) is 0 Å². The number of thiophene rings is 1. The molecule has 2 amide bonds. The quantitative estimate of drug-likeness (QED) is 0.0905. The van der Waals surface area contributed by atoms with Crippen LogP contribution in [0.25, 0.3) is 10.9 Å². The van der Waals surface area contributed by atoms with E-state index >= 15 is 0 Å². The van der Waals surface area contributed by atoms with Crippen molar-refractivity contribution in [3.8, 4) is 0 Å². The highest BCUT2D eigenvalue weighted by Gasteiger charge is 2.45. The van der Waals surface area contributed by atoms with E-state index in [1.807, 2.05) is 26.1 Å². The Morgan fingerprint density at radius 1 is 0.852 bits per heavy atom. The number of rotatable bonds is 14. The Morgan fingerprint density at radius 3 is 2.02 bits per heavy atom. The van der Waals surface area contributed by atoms with Crippen molar-refractivity contribution < 1.29 is 41.4 Å². The van der Waals surface area contributed by atoms with Gasteiger partial charge in [-0.2, -0.15) is 17.5 Å². The van der Waals surface area contributed by atoms with E-state index in [-0.39, 0.29) is 26.6 Å². The van der Waals surface area contributed by atoms with Gasteiger partial charge in [0.15, 0.2) is 6.04 Å². The Balaban J connectivity index is 1.51. The zero-order valence-electron chi connectivity index (χ0n) is 29.7. The average Bonchev–Trinajstić information content (AvgIpc) is 3.60. The lowest BCUT2D eigenvalue weighted by Crippen LogP contribution is -2.52. The molecule has 0 spiro atoms. The standard InChI is InChI=1S/C39H41F3N4O6S2/c1-38(2,3)20-22-46(54(51,52)28-16-17-29-27(23-28)15-10-21-43-29)30(24-47)31-18-19-32(53-31)35(39(40,41)42)45-36(48)34(44-37(49)50)33(25-11-6-4-7-12-25)26-13-8-5-9-14-26/h4-19,21,23,30,33-35,44,47H,20,22,24H2,1-3H3,(H,45,48)(H,49,50)/t30-,34+,35-/m1/s1. The molecule has 0 unspecified atom stereocenters. The van der Waals surface area contributed by atoms with Crippen LogP contribution in [-0.2, 0) is 14.8 Å². The van der Waals surface area contributed by atoms with E-state index < -0.39 is 58.9 Å². The van der Waals surface area contributed by atoms with Crippen LogP contribution in [0.15, 0.2) is 114 Å². The topological polar surface area (TPSA) is 149 Å². The number of benzene rings is 3. The molecule has 3 aromatic carbocycles. The van der Waals surface area contributed by atoms with Crippen LogP contribution in [0.3, 0.4) is 0 Å². The van der Waals surface area contributed by atoms with Crippen LogP contribution in [-0.4, -0.2) is 65.3 Å². The number of aliphatic hydroxyl groups is 1. The van der Waals surface area contributed by atoms with E-state index in [2.05, 4.69) is 10.3 Å². The van der Waals surface area contributed by atoms with E-state index in [1.54, 1.807) is 85.1 Å². The summed E-state index contributed by atoms with van der Waals surface area (Å²) in [5.74, 6) is -2.23. The van der Waals surface area contributed by atoms with Crippen molar-refractivity contribution >= 4 is 44.3 Å². The number of aromatic nitrogens is 1. The Hall–Kier alpha value is -4.83. The van der Waals surface area contributed by atoms with E-state index in [0.717, 1.165) is 10.4 Å². The van der Waals surface area contributed by atoms with Gasteiger partial charge in [-0.1, -0.05) is 87.5 Å². The molecule has 286 valence electrons. The molecule has 54 heavy (non-hydrogen) atoms. The first-order valence-corrected chi connectivity index (χ1v) is 19.3. The van der Waals surface area contributed by atoms with Crippen molar-refractivity contribution in [1.82, 2.24) is 19.9 Å². The molecule has 0 aliphatic carbocycles. The zero-order valence-corrected chi connectivity index (χ0v) is 31.3. The number of sulfonamides is 1. The molecular weight excluding hydrogens is 742 g/mol. The normalized spacial score (nSPS) is 14.2. The summed E-state index contributed by atoms with van der Waals surface area (Å²) in [6.45, 7) is 4.94. The number of carboxylic acid groups (broad SMARTS) is 1. The molecule has 2 heterocycles. The fourth-order valence-corrected chi connectivity index (χ4v) is 9.03. The Kier molecular flexibility index (Phi) is 12.5. The van der Waals surface area contributed by atoms with Gasteiger partial charge in [-0.05, 0) is 59.4 Å². The Morgan fingerprint density at radius 2 is 1.46 bits per heavy atom. The van der Waals surface area contributed by atoms with E-state index in [4.69, 9.17) is 0 Å². The predicted molar refractivity (Wildman–Crippen MR) is 200 cm³/mol. The minimum atomic E-state index is -5.05. The zero-order chi connectivity index (χ0) is 39.3. The molecule has 5 aromatic rings. The molecular formula is C39H41F3N4O6S2. The monoisotopic (exact) mass is 782 g/mol. The smallest absolute Gasteiger partial charge is 0.413 e. The lowest BCUT2D eigenvalue weighted by molar-refractivity contribution is -0.163. The van der Waals surface area contributed by atoms with Crippen LogP contribution < -0.4 is 10.6 Å². The van der Waals surface area contributed by atoms with Crippen molar-refractivity contribution in [2.75, 3.05) is 13.2 Å². The molecule has 0 aliphatic heterocycles. The van der Waals surface area contributed by atoms with Gasteiger partial charge in [0.1, 0.15) is 6.04 Å². The number of carbonyl (C=O) groups excluding carboxylic acids is 1. The summed E-state index contributed by atoms with van der Waals surface area (Å²) < 4.78 is 74.3. The Bertz CT molecular complexity index is 2120. The summed E-state index contributed by atoms with van der Waals surface area (Å²) in [4.78, 5) is 29.8. The van der Waals surface area contributed by atoms with Gasteiger partial charge in [-0.15, -0.1) is 11.3 Å². The van der Waals surface area contributed by atoms with Gasteiger partial charge < -0.3 is 20.8 Å². The fourth-order valence-electron chi connectivity index (χ4n) is 6.14. The summed E-state index contributed by atoms with van der Waals surface area (Å²) in [5, 5.41) is 25.1. The predicted octanol–water partition coefficient (Wildman–Crippen LogP) is 7.64. The minimum absolute atomic E-state index is 0.0578. The number of amides is 2. The number of hydrogen-bond acceptors (Lipinski definition) is 7. The summed E-state index contributed by atoms with van der Waals surface area (Å²) >= 11 is 0.597. The SMILES string of the molecule is CC(C)(C)CCN([C@H](CO)c1ccc([C@@H](NC(=O)[C@@H](NC(=O)O)C(c2ccccc2)c2ccccc2)C(F)(F)F)s1)S(=O)(=O)c1ccc2ncccc2c1. The third-order valence-electron chi connectivity index (χ3n) is 8.87. The largest absolute Gasteiger partial charge is 0.465 e. The number of fused-ring (bicyclic) bond motifs is 1. The second-order valence-electron chi connectivity index (χ2n) is 13.9. The number of aliphatic hydroxyl groups excluding tert-OH is 1. The molecule has 0 radical (unpaired) electrons. The molecule has 3 atom stereocenters. The van der Waals surface area contributed by atoms with Crippen LogP contribution in [0, 0.1) is 5.41 Å². The number of carbonyl (C=O) groups is 2. The number of nitrogens with one attached hydrogen (secondary N) is 2. The molecule has 0 aliphatic rings. The Labute approximate surface area is 315 Å². The first-order chi connectivity index (χ1) is 25.5. The molecule has 2 aromatic heterocycles. The maximum Gasteiger partial charge on any atom is 0.413 e. The maximum absolute atomic E-state index is 14.9. The third-order valence-corrected chi connectivity index (χ3v) is 12.0. The van der Waals surface area contributed by atoms with Gasteiger partial charge in [0.2, 0.25) is 15.9 Å². The molecule has 0 bridgehead atoms. The maximum atomic E-state index is 14.9. The molecule has 0 saturated carbocycles. The first kappa shape index (κ1) is 40.4. The lowest BCUT2D eigenvalue weighted by atomic mass is 9.84. The van der Waals surface area contributed by atoms with Crippen molar-refractivity contribution in [3.63, 3.8) is 0 Å². The van der Waals surface area contributed by atoms with Crippen LogP contribution in [0.2, 0.25) is 0 Å². The number of nitrogens with zero attached hydrogens (tertiary/aromatic N) is 2. The molecule has 0 saturated heterocycles. The van der Waals surface area contributed by atoms with Gasteiger partial charge in [-0.3, -0.25) is 9.78 Å². The van der Waals surface area contributed by atoms with Crippen LogP contribution in [0.1, 0.15) is 66.1 Å². The van der Waals surface area contributed by atoms with Gasteiger partial charge in [-0.25, -0.2) is 13.2 Å². The van der Waals surface area contributed by atoms with E-state index in [9.17, 15) is 41.4 Å². The summed E-state index contributed by atoms with van der Waals surface area (Å²) in [6.07, 6.45) is -4.72. The van der Waals surface area contributed by atoms with Gasteiger partial charge in [0.25, 0.3) is 0 Å². The van der Waals surface area contributed by atoms with Crippen LogP contribution in [0.4, 0.5) is 18.0 Å². The van der Waals surface area contributed by atoms with Gasteiger partial charge in [0, 0.05) is 33.8 Å². The highest BCUT2D eigenvalue weighted by atomic mass is 32.2. The summed E-state index contributed by atoms with van der Waals surface area (Å²) in [7, 11) is -4.32. The minimum Gasteiger partial charge on any atom is -0.465 e. The third kappa shape index (κ3) is 9.63. The van der Waals surface area contributed by atoms with Crippen LogP contribution >= 0.6 is 11.3 Å². The van der Waals surface area contributed by atoms with Gasteiger partial charge in [0.05, 0.1) is 23.1 Å². The summed E-state index contributed by atoms with van der Waals surface area (Å²) in [5.41, 5.74) is 1.21. The number of pyridine rings is 1.